The number of nitrogens with zero attached hydrogens (tertiary/aromatic N) is 3. The van der Waals surface area contributed by atoms with E-state index in [0.717, 1.165) is 35.2 Å². The van der Waals surface area contributed by atoms with Crippen molar-refractivity contribution in [3.63, 3.8) is 0 Å². The molecule has 0 unspecified atom stereocenters. The van der Waals surface area contributed by atoms with Crippen LogP contribution in [0, 0.1) is 5.92 Å². The number of anilines is 2. The van der Waals surface area contributed by atoms with Crippen LogP contribution in [0.4, 0.5) is 24.8 Å². The number of likely N-dealkylation sites (tertiary alicyclic amines) is 1. The lowest BCUT2D eigenvalue weighted by atomic mass is 9.96. The number of benzene rings is 1. The Kier molecular flexibility index (Phi) is 8.02. The van der Waals surface area contributed by atoms with E-state index in [1.807, 2.05) is 43.3 Å². The normalized spacial score (nSPS) is 18.6. The number of amides is 2. The van der Waals surface area contributed by atoms with Crippen LogP contribution in [0.1, 0.15) is 49.3 Å². The maximum absolute atomic E-state index is 12.8. The minimum atomic E-state index is -4.18. The Balaban J connectivity index is 1.13. The summed E-state index contributed by atoms with van der Waals surface area (Å²) in [4.78, 5) is 31.1. The Hall–Kier alpha value is -3.99. The molecule has 0 radical (unpaired) electrons. The van der Waals surface area contributed by atoms with E-state index in [1.54, 1.807) is 23.2 Å². The number of carbonyl (C=O) groups excluding carboxylic acids is 2. The van der Waals surface area contributed by atoms with Crippen molar-refractivity contribution in [2.24, 2.45) is 5.92 Å². The first kappa shape index (κ1) is 27.6. The van der Waals surface area contributed by atoms with Gasteiger partial charge in [-0.2, -0.15) is 18.3 Å². The molecular weight excluding hydrogens is 521 g/mol. The van der Waals surface area contributed by atoms with Crippen LogP contribution in [0.2, 0.25) is 0 Å². The zero-order valence-electron chi connectivity index (χ0n) is 22.0. The zero-order chi connectivity index (χ0) is 28.3. The number of hydrogen-bond acceptors (Lipinski definition) is 5. The van der Waals surface area contributed by atoms with Gasteiger partial charge in [-0.15, -0.1) is 0 Å². The van der Waals surface area contributed by atoms with Crippen molar-refractivity contribution < 1.29 is 22.8 Å². The first-order valence-corrected chi connectivity index (χ1v) is 13.3. The molecule has 2 aliphatic rings. The van der Waals surface area contributed by atoms with E-state index in [4.69, 9.17) is 0 Å². The molecule has 0 bridgehead atoms. The highest BCUT2D eigenvalue weighted by atomic mass is 19.4. The summed E-state index contributed by atoms with van der Waals surface area (Å²) in [5.41, 5.74) is 3.59. The minimum Gasteiger partial charge on any atom is -0.309 e. The fourth-order valence-corrected chi connectivity index (χ4v) is 4.76. The molecule has 2 aromatic heterocycles. The van der Waals surface area contributed by atoms with Gasteiger partial charge in [0.25, 0.3) is 0 Å². The fraction of sp³-hybridized carbons (Fsp3) is 0.379. The van der Waals surface area contributed by atoms with Crippen molar-refractivity contribution in [2.45, 2.75) is 44.2 Å². The average Bonchev–Trinajstić information content (AvgIpc) is 3.47. The molecule has 210 valence electrons. The van der Waals surface area contributed by atoms with E-state index in [-0.39, 0.29) is 25.4 Å². The van der Waals surface area contributed by atoms with Gasteiger partial charge >= 0.3 is 6.18 Å². The molecule has 0 spiro atoms. The minimum absolute atomic E-state index is 0.0472. The van der Waals surface area contributed by atoms with Gasteiger partial charge in [-0.25, -0.2) is 4.98 Å². The number of H-pyrrole nitrogens is 1. The summed E-state index contributed by atoms with van der Waals surface area (Å²) in [6, 6.07) is 13.0. The van der Waals surface area contributed by atoms with Crippen molar-refractivity contribution in [3.8, 4) is 11.1 Å². The van der Waals surface area contributed by atoms with Crippen LogP contribution in [-0.4, -0.2) is 57.7 Å². The summed E-state index contributed by atoms with van der Waals surface area (Å²) >= 11 is 0. The third-order valence-corrected chi connectivity index (χ3v) is 7.36. The van der Waals surface area contributed by atoms with Gasteiger partial charge < -0.3 is 10.6 Å². The highest BCUT2D eigenvalue weighted by Crippen LogP contribution is 2.39. The van der Waals surface area contributed by atoms with E-state index < -0.39 is 23.9 Å². The second kappa shape index (κ2) is 11.6. The highest BCUT2D eigenvalue weighted by Gasteiger charge is 2.43. The summed E-state index contributed by atoms with van der Waals surface area (Å²) in [7, 11) is 0. The quantitative estimate of drug-likeness (QED) is 0.306. The number of hydrogen-bond donors (Lipinski definition) is 3. The largest absolute Gasteiger partial charge is 0.393 e. The Morgan fingerprint density at radius 3 is 2.62 bits per heavy atom. The maximum Gasteiger partial charge on any atom is 0.393 e. The van der Waals surface area contributed by atoms with Crippen LogP contribution in [-0.2, 0) is 9.59 Å². The molecule has 11 heteroatoms. The molecule has 3 aromatic rings. The Morgan fingerprint density at radius 2 is 1.93 bits per heavy atom. The predicted molar refractivity (Wildman–Crippen MR) is 146 cm³/mol. The molecule has 5 rings (SSSR count). The van der Waals surface area contributed by atoms with Gasteiger partial charge in [-0.1, -0.05) is 30.3 Å². The number of aromatic amines is 1. The smallest absolute Gasteiger partial charge is 0.309 e. The summed E-state index contributed by atoms with van der Waals surface area (Å²) in [6.45, 7) is 2.43. The Labute approximate surface area is 230 Å². The lowest BCUT2D eigenvalue weighted by Gasteiger charge is -2.15. The Bertz CT molecular complexity index is 1380. The molecule has 40 heavy (non-hydrogen) atoms. The SMILES string of the molecule is C[C@H](C(=O)Nc1cc(C2CC2)[nH]n1)c1cccc(-c2ccc(NC(=O)/C=C/CN3CC[C@H](C(F)(F)F)C3)nc2)c1. The van der Waals surface area contributed by atoms with E-state index >= 15 is 0 Å². The molecule has 1 saturated heterocycles. The first-order chi connectivity index (χ1) is 19.2. The number of aromatic nitrogens is 3. The lowest BCUT2D eigenvalue weighted by Crippen LogP contribution is -2.27. The van der Waals surface area contributed by atoms with Gasteiger partial charge in [0.15, 0.2) is 5.82 Å². The van der Waals surface area contributed by atoms with Crippen LogP contribution in [0.3, 0.4) is 0 Å². The van der Waals surface area contributed by atoms with Crippen LogP contribution >= 0.6 is 0 Å². The molecule has 2 atom stereocenters. The number of nitrogens with one attached hydrogen (secondary N) is 3. The molecule has 1 aromatic carbocycles. The van der Waals surface area contributed by atoms with E-state index in [2.05, 4.69) is 25.8 Å². The molecule has 3 heterocycles. The molecule has 1 aliphatic carbocycles. The maximum atomic E-state index is 12.8. The topological polar surface area (TPSA) is 103 Å². The van der Waals surface area contributed by atoms with Gasteiger partial charge in [0.05, 0.1) is 11.8 Å². The zero-order valence-corrected chi connectivity index (χ0v) is 22.0. The number of halogens is 3. The molecule has 1 saturated carbocycles. The van der Waals surface area contributed by atoms with Crippen molar-refractivity contribution >= 4 is 23.5 Å². The number of carbonyl (C=O) groups is 2. The molecule has 1 aliphatic heterocycles. The van der Waals surface area contributed by atoms with E-state index in [9.17, 15) is 22.8 Å². The summed E-state index contributed by atoms with van der Waals surface area (Å²) in [6.07, 6.45) is 2.70. The van der Waals surface area contributed by atoms with Crippen LogP contribution in [0.25, 0.3) is 11.1 Å². The summed E-state index contributed by atoms with van der Waals surface area (Å²) in [5.74, 6) is -0.868. The second-order valence-corrected chi connectivity index (χ2v) is 10.4. The monoisotopic (exact) mass is 552 g/mol. The third-order valence-electron chi connectivity index (χ3n) is 7.36. The highest BCUT2D eigenvalue weighted by molar-refractivity contribution is 5.98. The molecular formula is C29H31F3N6O2. The number of rotatable bonds is 9. The summed E-state index contributed by atoms with van der Waals surface area (Å²) in [5, 5.41) is 12.7. The first-order valence-electron chi connectivity index (χ1n) is 13.3. The number of pyridine rings is 1. The van der Waals surface area contributed by atoms with Gasteiger partial charge in [-0.3, -0.25) is 19.6 Å². The third kappa shape index (κ3) is 6.95. The lowest BCUT2D eigenvalue weighted by molar-refractivity contribution is -0.170. The van der Waals surface area contributed by atoms with Gasteiger partial charge in [0.2, 0.25) is 11.8 Å². The van der Waals surface area contributed by atoms with Crippen LogP contribution < -0.4 is 10.6 Å². The fourth-order valence-electron chi connectivity index (χ4n) is 4.76. The van der Waals surface area contributed by atoms with Gasteiger partial charge in [0, 0.05) is 48.6 Å². The van der Waals surface area contributed by atoms with E-state index in [1.165, 1.54) is 6.08 Å². The molecule has 2 amide bonds. The van der Waals surface area contributed by atoms with E-state index in [0.29, 0.717) is 24.1 Å². The standard InChI is InChI=1S/C29H31F3N6O2/c1-18(28(40)35-26-15-24(36-37-26)19-7-8-19)20-4-2-5-21(14-20)22-9-10-25(33-16-22)34-27(39)6-3-12-38-13-11-23(17-38)29(30,31)32/h2-6,9-10,14-16,18-19,23H,7-8,11-13,17H2,1H3,(H,33,34,39)(H2,35,36,37,40)/b6-3+/t18-,23-/m0/s1. The second-order valence-electron chi connectivity index (χ2n) is 10.4. The Morgan fingerprint density at radius 1 is 1.10 bits per heavy atom. The summed E-state index contributed by atoms with van der Waals surface area (Å²) < 4.78 is 38.4. The van der Waals surface area contributed by atoms with Crippen molar-refractivity contribution in [1.82, 2.24) is 20.1 Å². The average molecular weight is 553 g/mol. The van der Waals surface area contributed by atoms with Crippen LogP contribution in [0.15, 0.2) is 60.8 Å². The molecule has 2 fully saturated rings. The van der Waals surface area contributed by atoms with Crippen LogP contribution in [0.5, 0.6) is 0 Å². The van der Waals surface area contributed by atoms with Gasteiger partial charge in [0.1, 0.15) is 5.82 Å². The predicted octanol–water partition coefficient (Wildman–Crippen LogP) is 5.47. The number of alkyl halides is 3. The molecule has 8 nitrogen and oxygen atoms in total. The van der Waals surface area contributed by atoms with Crippen molar-refractivity contribution in [3.05, 3.63) is 72.1 Å². The molecule has 3 N–H and O–H groups in total. The van der Waals surface area contributed by atoms with Crippen molar-refractivity contribution in [2.75, 3.05) is 30.3 Å². The van der Waals surface area contributed by atoms with Gasteiger partial charge in [-0.05, 0) is 56.0 Å². The van der Waals surface area contributed by atoms with Crippen molar-refractivity contribution in [1.29, 1.82) is 0 Å².